The number of fused-ring (bicyclic) bond motifs is 1. The summed E-state index contributed by atoms with van der Waals surface area (Å²) < 4.78 is 14.9. The van der Waals surface area contributed by atoms with E-state index in [0.717, 1.165) is 6.07 Å². The monoisotopic (exact) mass is 369 g/mol. The Kier molecular flexibility index (Phi) is 3.38. The maximum atomic E-state index is 13.3. The van der Waals surface area contributed by atoms with Gasteiger partial charge in [-0.05, 0) is 40.2 Å². The van der Waals surface area contributed by atoms with E-state index in [1.807, 2.05) is 0 Å². The van der Waals surface area contributed by atoms with E-state index in [9.17, 15) is 14.3 Å². The minimum Gasteiger partial charge on any atom is -0.478 e. The number of carboxylic acid groups (broad SMARTS) is 1. The van der Waals surface area contributed by atoms with Gasteiger partial charge in [0.2, 0.25) is 0 Å². The number of hydrogen-bond acceptors (Lipinski definition) is 3. The average molecular weight is 371 g/mol. The van der Waals surface area contributed by atoms with Crippen LogP contribution in [0.5, 0.6) is 0 Å². The topological polar surface area (TPSA) is 68.0 Å². The van der Waals surface area contributed by atoms with Gasteiger partial charge in [-0.25, -0.2) is 13.9 Å². The molecule has 0 fully saturated rings. The molecule has 0 saturated carbocycles. The van der Waals surface area contributed by atoms with Crippen molar-refractivity contribution in [1.29, 1.82) is 0 Å². The zero-order chi connectivity index (χ0) is 15.1. The van der Waals surface area contributed by atoms with Gasteiger partial charge < -0.3 is 5.11 Å². The van der Waals surface area contributed by atoms with Crippen molar-refractivity contribution in [2.24, 2.45) is 0 Å². The van der Waals surface area contributed by atoms with Crippen molar-refractivity contribution in [2.75, 3.05) is 0 Å². The largest absolute Gasteiger partial charge is 0.478 e. The summed E-state index contributed by atoms with van der Waals surface area (Å²) in [6, 6.07) is 7.00. The maximum absolute atomic E-state index is 13.3. The summed E-state index contributed by atoms with van der Waals surface area (Å²) in [4.78, 5) is 11.3. The Balaban J connectivity index is 2.39. The van der Waals surface area contributed by atoms with Crippen molar-refractivity contribution >= 4 is 44.5 Å². The van der Waals surface area contributed by atoms with Gasteiger partial charge in [-0.1, -0.05) is 22.9 Å². The van der Waals surface area contributed by atoms with Crippen LogP contribution in [0.25, 0.3) is 16.7 Å². The molecule has 3 aromatic rings. The third-order valence-electron chi connectivity index (χ3n) is 2.89. The molecule has 0 aliphatic heterocycles. The first-order chi connectivity index (χ1) is 9.99. The summed E-state index contributed by atoms with van der Waals surface area (Å²) in [5.41, 5.74) is 1.06. The first kappa shape index (κ1) is 14.0. The normalized spacial score (nSPS) is 11.0. The molecule has 0 aliphatic carbocycles. The van der Waals surface area contributed by atoms with Crippen LogP contribution >= 0.6 is 27.5 Å². The summed E-state index contributed by atoms with van der Waals surface area (Å²) in [7, 11) is 0. The van der Waals surface area contributed by atoms with Crippen LogP contribution in [-0.2, 0) is 0 Å². The Hall–Kier alpha value is -1.99. The molecule has 0 atom stereocenters. The fourth-order valence-electron chi connectivity index (χ4n) is 2.04. The number of halogens is 3. The van der Waals surface area contributed by atoms with E-state index in [0.29, 0.717) is 21.2 Å². The molecule has 0 radical (unpaired) electrons. The van der Waals surface area contributed by atoms with Crippen molar-refractivity contribution in [1.82, 2.24) is 15.0 Å². The van der Waals surface area contributed by atoms with Crippen LogP contribution in [0.15, 0.2) is 34.8 Å². The van der Waals surface area contributed by atoms with E-state index < -0.39 is 11.8 Å². The molecule has 0 saturated heterocycles. The molecule has 21 heavy (non-hydrogen) atoms. The van der Waals surface area contributed by atoms with Gasteiger partial charge in [-0.3, -0.25) is 0 Å². The molecule has 3 rings (SSSR count). The summed E-state index contributed by atoms with van der Waals surface area (Å²) in [5, 5.41) is 17.2. The highest BCUT2D eigenvalue weighted by molar-refractivity contribution is 9.10. The van der Waals surface area contributed by atoms with Crippen LogP contribution in [0.3, 0.4) is 0 Å². The van der Waals surface area contributed by atoms with Gasteiger partial charge in [-0.15, -0.1) is 5.10 Å². The van der Waals surface area contributed by atoms with Crippen molar-refractivity contribution in [3.8, 4) is 5.69 Å². The van der Waals surface area contributed by atoms with Gasteiger partial charge in [0.05, 0.1) is 10.6 Å². The highest BCUT2D eigenvalue weighted by atomic mass is 79.9. The minimum absolute atomic E-state index is 0.0322. The third kappa shape index (κ3) is 2.28. The number of para-hydroxylation sites is 1. The molecule has 0 spiro atoms. The van der Waals surface area contributed by atoms with Gasteiger partial charge in [0.25, 0.3) is 0 Å². The molecule has 106 valence electrons. The van der Waals surface area contributed by atoms with Crippen LogP contribution in [0, 0.1) is 5.82 Å². The molecule has 1 N–H and O–H groups in total. The van der Waals surface area contributed by atoms with E-state index in [1.54, 1.807) is 12.1 Å². The quantitative estimate of drug-likeness (QED) is 0.747. The third-order valence-corrected chi connectivity index (χ3v) is 3.78. The van der Waals surface area contributed by atoms with E-state index in [4.69, 9.17) is 11.6 Å². The second-order valence-electron chi connectivity index (χ2n) is 4.20. The highest BCUT2D eigenvalue weighted by Crippen LogP contribution is 2.32. The molecule has 0 bridgehead atoms. The van der Waals surface area contributed by atoms with Crippen LogP contribution in [0.1, 0.15) is 10.4 Å². The molecule has 0 unspecified atom stereocenters. The van der Waals surface area contributed by atoms with E-state index in [2.05, 4.69) is 26.2 Å². The Morgan fingerprint density at radius 2 is 2.14 bits per heavy atom. The van der Waals surface area contributed by atoms with Crippen molar-refractivity contribution in [3.63, 3.8) is 0 Å². The standard InChI is InChI=1S/C13H6BrClFN3O2/c14-8-4-6(16)5-9(15)12(8)19-11-7(13(20)21)2-1-3-10(11)17-18-19/h1-5H,(H,20,21). The number of rotatable bonds is 2. The number of carbonyl (C=O) groups is 1. The molecule has 1 aromatic heterocycles. The Labute approximate surface area is 131 Å². The van der Waals surface area contributed by atoms with Gasteiger partial charge >= 0.3 is 5.97 Å². The lowest BCUT2D eigenvalue weighted by Crippen LogP contribution is -2.05. The van der Waals surface area contributed by atoms with E-state index in [-0.39, 0.29) is 10.6 Å². The number of aromatic carboxylic acids is 1. The zero-order valence-electron chi connectivity index (χ0n) is 10.2. The lowest BCUT2D eigenvalue weighted by molar-refractivity contribution is 0.0698. The SMILES string of the molecule is O=C(O)c1cccc2nnn(-c3c(Cl)cc(F)cc3Br)c12. The number of carboxylic acids is 1. The second-order valence-corrected chi connectivity index (χ2v) is 5.46. The van der Waals surface area contributed by atoms with Gasteiger partial charge in [0, 0.05) is 4.47 Å². The lowest BCUT2D eigenvalue weighted by Gasteiger charge is -2.09. The molecular formula is C13H6BrClFN3O2. The van der Waals surface area contributed by atoms with Crippen molar-refractivity contribution in [2.45, 2.75) is 0 Å². The number of aromatic nitrogens is 3. The Bertz CT molecular complexity index is 858. The fourth-order valence-corrected chi connectivity index (χ4v) is 3.04. The second kappa shape index (κ2) is 5.09. The average Bonchev–Trinajstić information content (AvgIpc) is 2.81. The molecule has 2 aromatic carbocycles. The predicted octanol–water partition coefficient (Wildman–Crippen LogP) is 3.67. The summed E-state index contributed by atoms with van der Waals surface area (Å²) in [6.45, 7) is 0. The molecule has 1 heterocycles. The molecular weight excluding hydrogens is 365 g/mol. The van der Waals surface area contributed by atoms with Crippen LogP contribution in [-0.4, -0.2) is 26.1 Å². The van der Waals surface area contributed by atoms with Crippen LogP contribution in [0.4, 0.5) is 4.39 Å². The van der Waals surface area contributed by atoms with Crippen molar-refractivity contribution in [3.05, 3.63) is 51.2 Å². The predicted molar refractivity (Wildman–Crippen MR) is 78.5 cm³/mol. The molecule has 0 amide bonds. The molecule has 8 heteroatoms. The van der Waals surface area contributed by atoms with Gasteiger partial charge in [-0.2, -0.15) is 0 Å². The summed E-state index contributed by atoms with van der Waals surface area (Å²) >= 11 is 9.26. The smallest absolute Gasteiger partial charge is 0.337 e. The zero-order valence-corrected chi connectivity index (χ0v) is 12.6. The van der Waals surface area contributed by atoms with Crippen molar-refractivity contribution < 1.29 is 14.3 Å². The first-order valence-corrected chi connectivity index (χ1v) is 6.89. The fraction of sp³-hybridized carbons (Fsp3) is 0. The van der Waals surface area contributed by atoms with Crippen LogP contribution in [0.2, 0.25) is 5.02 Å². The Morgan fingerprint density at radius 1 is 1.38 bits per heavy atom. The van der Waals surface area contributed by atoms with E-state index in [1.165, 1.54) is 16.8 Å². The maximum Gasteiger partial charge on any atom is 0.337 e. The molecule has 0 aliphatic rings. The van der Waals surface area contributed by atoms with Crippen LogP contribution < -0.4 is 0 Å². The molecule has 5 nitrogen and oxygen atoms in total. The summed E-state index contributed by atoms with van der Waals surface area (Å²) in [6.07, 6.45) is 0. The minimum atomic E-state index is -1.11. The van der Waals surface area contributed by atoms with Gasteiger partial charge in [0.15, 0.2) is 0 Å². The Morgan fingerprint density at radius 3 is 2.81 bits per heavy atom. The summed E-state index contributed by atoms with van der Waals surface area (Å²) in [5.74, 6) is -1.63. The van der Waals surface area contributed by atoms with E-state index >= 15 is 0 Å². The highest BCUT2D eigenvalue weighted by Gasteiger charge is 2.19. The number of benzene rings is 2. The van der Waals surface area contributed by atoms with Gasteiger partial charge in [0.1, 0.15) is 22.5 Å². The lowest BCUT2D eigenvalue weighted by atomic mass is 10.2. The number of hydrogen-bond donors (Lipinski definition) is 1. The number of nitrogens with zero attached hydrogens (tertiary/aromatic N) is 3. The first-order valence-electron chi connectivity index (χ1n) is 5.71.